The number of anilines is 1. The minimum atomic E-state index is -1.27. The van der Waals surface area contributed by atoms with Gasteiger partial charge in [0, 0.05) is 38.3 Å². The molecule has 1 amide bonds. The molecule has 0 aliphatic heterocycles. The standard InChI is InChI=1S/C18H31N3O4S.C7H8/c1-14(2)13-21(26(24)17-7-5-16(19)6-8-17)11-4-10-20-18(23)25-15(3)9-12-22;1-7-5-3-2-4-6-7/h5-8,14-15,22H,4,9-13,19H2,1-3H3,(H,20,23);2-6H,1H3/t15-,26?;/m1./s1. The van der Waals surface area contributed by atoms with Crippen molar-refractivity contribution in [3.05, 3.63) is 60.2 Å². The molecule has 0 spiro atoms. The van der Waals surface area contributed by atoms with Crippen LogP contribution in [0.2, 0.25) is 0 Å². The van der Waals surface area contributed by atoms with Crippen molar-refractivity contribution in [2.24, 2.45) is 5.92 Å². The van der Waals surface area contributed by atoms with Crippen molar-refractivity contribution in [2.45, 2.75) is 51.5 Å². The fourth-order valence-corrected chi connectivity index (χ4v) is 4.22. The summed E-state index contributed by atoms with van der Waals surface area (Å²) < 4.78 is 19.8. The smallest absolute Gasteiger partial charge is 0.407 e. The number of aryl methyl sites for hydroxylation is 1. The monoisotopic (exact) mass is 477 g/mol. The molecule has 0 aromatic heterocycles. The Bertz CT molecular complexity index is 816. The number of alkyl carbamates (subject to hydrolysis) is 1. The number of nitrogen functional groups attached to an aromatic ring is 1. The van der Waals surface area contributed by atoms with Gasteiger partial charge in [0.05, 0.1) is 4.90 Å². The number of hydrogen-bond donors (Lipinski definition) is 3. The summed E-state index contributed by atoms with van der Waals surface area (Å²) in [5.74, 6) is 0.366. The van der Waals surface area contributed by atoms with E-state index in [9.17, 15) is 9.00 Å². The van der Waals surface area contributed by atoms with Gasteiger partial charge in [0.1, 0.15) is 17.1 Å². The molecule has 2 aromatic rings. The third kappa shape index (κ3) is 13.0. The maximum absolute atomic E-state index is 12.8. The zero-order valence-electron chi connectivity index (χ0n) is 20.2. The van der Waals surface area contributed by atoms with E-state index in [0.29, 0.717) is 49.0 Å². The number of nitrogens with two attached hydrogens (primary N) is 1. The molecule has 7 nitrogen and oxygen atoms in total. The number of carbonyl (C=O) groups is 1. The first-order valence-corrected chi connectivity index (χ1v) is 12.4. The minimum Gasteiger partial charge on any atom is -0.446 e. The van der Waals surface area contributed by atoms with Crippen LogP contribution < -0.4 is 11.1 Å². The SMILES string of the molecule is CC(C)CN(CCCNC(=O)O[C@H](C)CCO)S(=O)c1ccc(N)cc1.Cc1ccccc1. The highest BCUT2D eigenvalue weighted by Gasteiger charge is 2.17. The van der Waals surface area contributed by atoms with Gasteiger partial charge in [-0.1, -0.05) is 49.7 Å². The first-order valence-electron chi connectivity index (χ1n) is 11.3. The topological polar surface area (TPSA) is 105 Å². The number of amides is 1. The molecule has 33 heavy (non-hydrogen) atoms. The van der Waals surface area contributed by atoms with Crippen molar-refractivity contribution in [1.82, 2.24) is 9.62 Å². The summed E-state index contributed by atoms with van der Waals surface area (Å²) in [6, 6.07) is 17.3. The Morgan fingerprint density at radius 1 is 1.12 bits per heavy atom. The Kier molecular flexibility index (Phi) is 14.1. The highest BCUT2D eigenvalue weighted by atomic mass is 32.2. The van der Waals surface area contributed by atoms with Gasteiger partial charge in [0.15, 0.2) is 0 Å². The average Bonchev–Trinajstić information content (AvgIpc) is 2.77. The van der Waals surface area contributed by atoms with Crippen LogP contribution in [0.5, 0.6) is 0 Å². The van der Waals surface area contributed by atoms with Crippen molar-refractivity contribution in [3.63, 3.8) is 0 Å². The van der Waals surface area contributed by atoms with Crippen molar-refractivity contribution in [1.29, 1.82) is 0 Å². The van der Waals surface area contributed by atoms with Gasteiger partial charge >= 0.3 is 6.09 Å². The van der Waals surface area contributed by atoms with Crippen molar-refractivity contribution < 1.29 is 18.8 Å². The van der Waals surface area contributed by atoms with Crippen LogP contribution in [0.1, 0.15) is 39.2 Å². The third-order valence-corrected chi connectivity index (χ3v) is 6.00. The van der Waals surface area contributed by atoms with Crippen molar-refractivity contribution in [2.75, 3.05) is 32.0 Å². The van der Waals surface area contributed by atoms with E-state index in [1.165, 1.54) is 5.56 Å². The summed E-state index contributed by atoms with van der Waals surface area (Å²) >= 11 is 0. The van der Waals surface area contributed by atoms with E-state index < -0.39 is 17.1 Å². The van der Waals surface area contributed by atoms with E-state index in [1.807, 2.05) is 22.5 Å². The van der Waals surface area contributed by atoms with E-state index >= 15 is 0 Å². The number of aliphatic hydroxyl groups is 1. The van der Waals surface area contributed by atoms with Gasteiger partial charge in [0.2, 0.25) is 0 Å². The molecule has 4 N–H and O–H groups in total. The molecule has 0 aliphatic carbocycles. The molecule has 0 saturated heterocycles. The van der Waals surface area contributed by atoms with Crippen LogP contribution in [0.3, 0.4) is 0 Å². The van der Waals surface area contributed by atoms with Crippen molar-refractivity contribution >= 4 is 22.8 Å². The molecule has 0 bridgehead atoms. The average molecular weight is 478 g/mol. The predicted molar refractivity (Wildman–Crippen MR) is 135 cm³/mol. The first kappa shape index (κ1) is 28.6. The molecular weight excluding hydrogens is 438 g/mol. The van der Waals surface area contributed by atoms with Crippen LogP contribution in [0.25, 0.3) is 0 Å². The molecule has 2 rings (SSSR count). The number of ether oxygens (including phenoxy) is 1. The summed E-state index contributed by atoms with van der Waals surface area (Å²) in [5.41, 5.74) is 7.65. The minimum absolute atomic E-state index is 0.0183. The molecule has 0 aliphatic rings. The third-order valence-electron chi connectivity index (χ3n) is 4.52. The predicted octanol–water partition coefficient (Wildman–Crippen LogP) is 4.13. The molecule has 0 saturated carbocycles. The van der Waals surface area contributed by atoms with Gasteiger partial charge in [-0.15, -0.1) is 0 Å². The summed E-state index contributed by atoms with van der Waals surface area (Å²) in [7, 11) is -1.27. The molecule has 8 heteroatoms. The number of hydrogen-bond acceptors (Lipinski definition) is 5. The Morgan fingerprint density at radius 2 is 1.76 bits per heavy atom. The fourth-order valence-electron chi connectivity index (χ4n) is 2.83. The number of rotatable bonds is 11. The number of aliphatic hydroxyl groups excluding tert-OH is 1. The first-order chi connectivity index (χ1) is 15.7. The molecule has 2 atom stereocenters. The quantitative estimate of drug-likeness (QED) is 0.333. The molecule has 2 aromatic carbocycles. The fraction of sp³-hybridized carbons (Fsp3) is 0.480. The molecular formula is C25H39N3O4S. The van der Waals surface area contributed by atoms with E-state index in [-0.39, 0.29) is 12.7 Å². The molecule has 0 radical (unpaired) electrons. The van der Waals surface area contributed by atoms with Gasteiger partial charge in [-0.2, -0.15) is 0 Å². The Labute approximate surface area is 200 Å². The van der Waals surface area contributed by atoms with Crippen LogP contribution in [-0.4, -0.2) is 52.1 Å². The van der Waals surface area contributed by atoms with Crippen LogP contribution >= 0.6 is 0 Å². The second-order valence-electron chi connectivity index (χ2n) is 8.26. The lowest BCUT2D eigenvalue weighted by Gasteiger charge is -2.23. The second-order valence-corrected chi connectivity index (χ2v) is 9.75. The Morgan fingerprint density at radius 3 is 2.27 bits per heavy atom. The molecule has 184 valence electrons. The zero-order valence-corrected chi connectivity index (χ0v) is 21.0. The van der Waals surface area contributed by atoms with E-state index in [1.54, 1.807) is 31.2 Å². The highest BCUT2D eigenvalue weighted by molar-refractivity contribution is 7.82. The molecule has 0 fully saturated rings. The van der Waals surface area contributed by atoms with E-state index in [2.05, 4.69) is 38.2 Å². The van der Waals surface area contributed by atoms with Crippen LogP contribution in [0, 0.1) is 12.8 Å². The normalized spacial score (nSPS) is 12.6. The highest BCUT2D eigenvalue weighted by Crippen LogP contribution is 2.15. The zero-order chi connectivity index (χ0) is 24.6. The second kappa shape index (κ2) is 16.2. The Balaban J connectivity index is 0.000000657. The lowest BCUT2D eigenvalue weighted by atomic mass is 10.2. The lowest BCUT2D eigenvalue weighted by molar-refractivity contribution is 0.0902. The van der Waals surface area contributed by atoms with E-state index in [4.69, 9.17) is 15.6 Å². The van der Waals surface area contributed by atoms with Crippen LogP contribution in [0.15, 0.2) is 59.5 Å². The van der Waals surface area contributed by atoms with Gasteiger partial charge in [0.25, 0.3) is 0 Å². The molecule has 0 heterocycles. The summed E-state index contributed by atoms with van der Waals surface area (Å²) in [6.45, 7) is 9.65. The van der Waals surface area contributed by atoms with Crippen LogP contribution in [0.4, 0.5) is 10.5 Å². The number of nitrogens with zero attached hydrogens (tertiary/aromatic N) is 1. The summed E-state index contributed by atoms with van der Waals surface area (Å²) in [6.07, 6.45) is 0.240. The van der Waals surface area contributed by atoms with Gasteiger partial charge in [-0.3, -0.25) is 0 Å². The number of carbonyl (C=O) groups excluding carboxylic acids is 1. The number of nitrogens with one attached hydrogen (secondary N) is 1. The van der Waals surface area contributed by atoms with Crippen LogP contribution in [-0.2, 0) is 15.7 Å². The van der Waals surface area contributed by atoms with Crippen molar-refractivity contribution in [3.8, 4) is 0 Å². The van der Waals surface area contributed by atoms with Gasteiger partial charge in [-0.05, 0) is 50.5 Å². The van der Waals surface area contributed by atoms with E-state index in [0.717, 1.165) is 0 Å². The summed E-state index contributed by atoms with van der Waals surface area (Å²) in [5, 5.41) is 11.5. The molecule has 1 unspecified atom stereocenters. The largest absolute Gasteiger partial charge is 0.446 e. The Hall–Kier alpha value is -2.42. The lowest BCUT2D eigenvalue weighted by Crippen LogP contribution is -2.34. The maximum Gasteiger partial charge on any atom is 0.407 e. The van der Waals surface area contributed by atoms with Gasteiger partial charge in [-0.25, -0.2) is 13.3 Å². The maximum atomic E-state index is 12.8. The number of benzene rings is 2. The summed E-state index contributed by atoms with van der Waals surface area (Å²) in [4.78, 5) is 12.4. The van der Waals surface area contributed by atoms with Gasteiger partial charge < -0.3 is 20.9 Å².